The highest BCUT2D eigenvalue weighted by Gasteiger charge is 2.25. The summed E-state index contributed by atoms with van der Waals surface area (Å²) in [6.45, 7) is 0. The molecule has 0 aliphatic carbocycles. The Morgan fingerprint density at radius 1 is 1.28 bits per heavy atom. The highest BCUT2D eigenvalue weighted by atomic mass is 32.1. The second kappa shape index (κ2) is 8.36. The largest absolute Gasteiger partial charge is 0.359 e. The number of hydrogen-bond acceptors (Lipinski definition) is 7. The second-order valence-corrected chi connectivity index (χ2v) is 7.72. The summed E-state index contributed by atoms with van der Waals surface area (Å²) < 4.78 is 0. The van der Waals surface area contributed by atoms with E-state index in [-0.39, 0.29) is 17.9 Å². The molecule has 3 N–H and O–H groups in total. The van der Waals surface area contributed by atoms with Crippen molar-refractivity contribution in [2.45, 2.75) is 25.3 Å². The molecule has 148 valence electrons. The standard InChI is InChI=1S/C20H20N6O2S/c1-21-19(28)10-12-7-8-22-17(9-12)26-16-4-2-3-13(24-16)15-11-23-20(29-15)14-5-6-18(27)25-14/h2-4,7-9,11,14H,5-6,10H2,1H3,(H,21,28)(H,25,27)(H,22,24,26)/t14-/m0/s1. The van der Waals surface area contributed by atoms with Crippen LogP contribution in [0, 0.1) is 0 Å². The molecule has 1 aliphatic heterocycles. The summed E-state index contributed by atoms with van der Waals surface area (Å²) in [4.78, 5) is 37.4. The monoisotopic (exact) mass is 408 g/mol. The van der Waals surface area contributed by atoms with Crippen LogP contribution in [0.1, 0.15) is 29.5 Å². The predicted molar refractivity (Wildman–Crippen MR) is 111 cm³/mol. The van der Waals surface area contributed by atoms with E-state index >= 15 is 0 Å². The summed E-state index contributed by atoms with van der Waals surface area (Å²) in [5.41, 5.74) is 1.66. The summed E-state index contributed by atoms with van der Waals surface area (Å²) in [5.74, 6) is 1.29. The summed E-state index contributed by atoms with van der Waals surface area (Å²) >= 11 is 1.54. The van der Waals surface area contributed by atoms with Gasteiger partial charge in [0.15, 0.2) is 0 Å². The number of pyridine rings is 2. The van der Waals surface area contributed by atoms with Crippen molar-refractivity contribution in [3.63, 3.8) is 0 Å². The lowest BCUT2D eigenvalue weighted by Crippen LogP contribution is -2.19. The van der Waals surface area contributed by atoms with Crippen molar-refractivity contribution in [1.29, 1.82) is 0 Å². The lowest BCUT2D eigenvalue weighted by Gasteiger charge is -2.08. The molecule has 4 rings (SSSR count). The van der Waals surface area contributed by atoms with Crippen LogP contribution in [0.3, 0.4) is 0 Å². The maximum Gasteiger partial charge on any atom is 0.224 e. The van der Waals surface area contributed by atoms with Gasteiger partial charge in [-0.25, -0.2) is 15.0 Å². The molecule has 0 saturated carbocycles. The third-order valence-corrected chi connectivity index (χ3v) is 5.68. The van der Waals surface area contributed by atoms with Crippen molar-refractivity contribution in [1.82, 2.24) is 25.6 Å². The van der Waals surface area contributed by atoms with Gasteiger partial charge in [-0.05, 0) is 36.2 Å². The Morgan fingerprint density at radius 2 is 2.17 bits per heavy atom. The van der Waals surface area contributed by atoms with Crippen molar-refractivity contribution in [3.05, 3.63) is 53.3 Å². The number of nitrogens with one attached hydrogen (secondary N) is 3. The highest BCUT2D eigenvalue weighted by Crippen LogP contribution is 2.32. The second-order valence-electron chi connectivity index (χ2n) is 6.65. The number of carbonyl (C=O) groups is 2. The Kier molecular flexibility index (Phi) is 5.48. The van der Waals surface area contributed by atoms with Gasteiger partial charge in [0, 0.05) is 25.9 Å². The van der Waals surface area contributed by atoms with Gasteiger partial charge in [-0.2, -0.15) is 0 Å². The normalized spacial score (nSPS) is 15.8. The lowest BCUT2D eigenvalue weighted by molar-refractivity contribution is -0.120. The van der Waals surface area contributed by atoms with Crippen molar-refractivity contribution in [3.8, 4) is 10.6 Å². The minimum absolute atomic E-state index is 0.00480. The van der Waals surface area contributed by atoms with Crippen molar-refractivity contribution in [2.75, 3.05) is 12.4 Å². The minimum atomic E-state index is -0.0540. The van der Waals surface area contributed by atoms with E-state index < -0.39 is 0 Å². The molecule has 0 unspecified atom stereocenters. The van der Waals surface area contributed by atoms with Crippen molar-refractivity contribution >= 4 is 34.8 Å². The van der Waals surface area contributed by atoms with Crippen LogP contribution in [0.2, 0.25) is 0 Å². The molecule has 1 aliphatic rings. The minimum Gasteiger partial charge on any atom is -0.359 e. The van der Waals surface area contributed by atoms with E-state index in [1.807, 2.05) is 30.3 Å². The average molecular weight is 408 g/mol. The van der Waals surface area contributed by atoms with E-state index in [1.54, 1.807) is 19.4 Å². The fourth-order valence-corrected chi connectivity index (χ4v) is 4.04. The Morgan fingerprint density at radius 3 is 2.97 bits per heavy atom. The maximum atomic E-state index is 11.6. The van der Waals surface area contributed by atoms with Crippen LogP contribution in [0.25, 0.3) is 10.6 Å². The van der Waals surface area contributed by atoms with Crippen LogP contribution in [-0.4, -0.2) is 33.8 Å². The summed E-state index contributed by atoms with van der Waals surface area (Å²) in [7, 11) is 1.61. The van der Waals surface area contributed by atoms with E-state index in [0.717, 1.165) is 27.6 Å². The molecule has 9 heteroatoms. The lowest BCUT2D eigenvalue weighted by atomic mass is 10.2. The molecule has 0 bridgehead atoms. The SMILES string of the molecule is CNC(=O)Cc1ccnc(Nc2cccc(-c3cnc([C@@H]4CCC(=O)N4)s3)n2)c1. The van der Waals surface area contributed by atoms with E-state index in [9.17, 15) is 9.59 Å². The van der Waals surface area contributed by atoms with E-state index in [4.69, 9.17) is 0 Å². The Hall–Kier alpha value is -3.33. The maximum absolute atomic E-state index is 11.6. The Balaban J connectivity index is 1.50. The third kappa shape index (κ3) is 4.57. The number of nitrogens with zero attached hydrogens (tertiary/aromatic N) is 3. The molecule has 1 saturated heterocycles. The molecule has 1 fully saturated rings. The van der Waals surface area contributed by atoms with Crippen molar-refractivity contribution in [2.24, 2.45) is 0 Å². The molecule has 1 atom stereocenters. The molecular formula is C20H20N6O2S. The van der Waals surface area contributed by atoms with E-state index in [2.05, 4.69) is 30.9 Å². The number of rotatable bonds is 6. The van der Waals surface area contributed by atoms with Gasteiger partial charge in [-0.3, -0.25) is 9.59 Å². The van der Waals surface area contributed by atoms with Gasteiger partial charge < -0.3 is 16.0 Å². The zero-order valence-electron chi connectivity index (χ0n) is 15.8. The van der Waals surface area contributed by atoms with Gasteiger partial charge >= 0.3 is 0 Å². The molecule has 0 radical (unpaired) electrons. The third-order valence-electron chi connectivity index (χ3n) is 4.54. The van der Waals surface area contributed by atoms with Crippen LogP contribution >= 0.6 is 11.3 Å². The Labute approximate surface area is 171 Å². The fourth-order valence-electron chi connectivity index (χ4n) is 3.07. The number of thiazole rings is 1. The van der Waals surface area contributed by atoms with Crippen LogP contribution < -0.4 is 16.0 Å². The number of carbonyl (C=O) groups excluding carboxylic acids is 2. The summed E-state index contributed by atoms with van der Waals surface area (Å²) in [5, 5.41) is 9.64. The van der Waals surface area contributed by atoms with Crippen LogP contribution in [0.4, 0.5) is 11.6 Å². The summed E-state index contributed by atoms with van der Waals surface area (Å²) in [6.07, 6.45) is 5.07. The highest BCUT2D eigenvalue weighted by molar-refractivity contribution is 7.15. The number of anilines is 2. The first-order valence-electron chi connectivity index (χ1n) is 9.26. The quantitative estimate of drug-likeness (QED) is 0.578. The van der Waals surface area contributed by atoms with E-state index in [0.29, 0.717) is 24.5 Å². The number of amides is 2. The van der Waals surface area contributed by atoms with Crippen LogP contribution in [-0.2, 0) is 16.0 Å². The number of likely N-dealkylation sites (N-methyl/N-ethyl adjacent to an activating group) is 1. The van der Waals surface area contributed by atoms with Crippen LogP contribution in [0.15, 0.2) is 42.7 Å². The number of hydrogen-bond donors (Lipinski definition) is 3. The van der Waals surface area contributed by atoms with Crippen molar-refractivity contribution < 1.29 is 9.59 Å². The molecule has 3 aromatic heterocycles. The van der Waals surface area contributed by atoms with E-state index in [1.165, 1.54) is 11.3 Å². The smallest absolute Gasteiger partial charge is 0.224 e. The molecule has 0 aromatic carbocycles. The van der Waals surface area contributed by atoms with Gasteiger partial charge in [0.1, 0.15) is 16.6 Å². The first kappa shape index (κ1) is 19.0. The topological polar surface area (TPSA) is 109 Å². The van der Waals surface area contributed by atoms with Gasteiger partial charge in [0.2, 0.25) is 11.8 Å². The van der Waals surface area contributed by atoms with Gasteiger partial charge in [-0.15, -0.1) is 11.3 Å². The molecule has 2 amide bonds. The molecule has 29 heavy (non-hydrogen) atoms. The van der Waals surface area contributed by atoms with Crippen LogP contribution in [0.5, 0.6) is 0 Å². The average Bonchev–Trinajstić information content (AvgIpc) is 3.37. The molecular weight excluding hydrogens is 388 g/mol. The molecule has 0 spiro atoms. The first-order chi connectivity index (χ1) is 14.1. The van der Waals surface area contributed by atoms with Gasteiger partial charge in [-0.1, -0.05) is 6.07 Å². The fraction of sp³-hybridized carbons (Fsp3) is 0.250. The van der Waals surface area contributed by atoms with Gasteiger partial charge in [0.05, 0.1) is 23.0 Å². The molecule has 8 nitrogen and oxygen atoms in total. The first-order valence-corrected chi connectivity index (χ1v) is 10.1. The molecule has 4 heterocycles. The zero-order valence-corrected chi connectivity index (χ0v) is 16.6. The zero-order chi connectivity index (χ0) is 20.2. The number of aromatic nitrogens is 3. The predicted octanol–water partition coefficient (Wildman–Crippen LogP) is 2.58. The summed E-state index contributed by atoms with van der Waals surface area (Å²) in [6, 6.07) is 9.33. The Bertz CT molecular complexity index is 1050. The molecule has 3 aromatic rings. The van der Waals surface area contributed by atoms with Gasteiger partial charge in [0.25, 0.3) is 0 Å².